The van der Waals surface area contributed by atoms with Gasteiger partial charge in [0.2, 0.25) is 0 Å². The predicted molar refractivity (Wildman–Crippen MR) is 137 cm³/mol. The second kappa shape index (κ2) is 8.43. The van der Waals surface area contributed by atoms with E-state index in [9.17, 15) is 9.59 Å². The molecule has 0 bridgehead atoms. The zero-order valence-corrected chi connectivity index (χ0v) is 21.0. The number of H-pyrrole nitrogens is 1. The Kier molecular flexibility index (Phi) is 5.13. The van der Waals surface area contributed by atoms with E-state index in [-0.39, 0.29) is 17.4 Å². The van der Waals surface area contributed by atoms with Gasteiger partial charge in [0.25, 0.3) is 0 Å². The molecule has 7 rings (SSSR count). The minimum absolute atomic E-state index is 0.171. The van der Waals surface area contributed by atoms with Gasteiger partial charge in [0.1, 0.15) is 11.6 Å². The van der Waals surface area contributed by atoms with Gasteiger partial charge >= 0.3 is 12.0 Å². The summed E-state index contributed by atoms with van der Waals surface area (Å²) >= 11 is 0. The molecule has 4 fully saturated rings. The molecule has 4 aliphatic rings. The van der Waals surface area contributed by atoms with Gasteiger partial charge in [0, 0.05) is 49.3 Å². The molecule has 1 N–H and O–H groups in total. The number of amides is 2. The first-order valence-electron chi connectivity index (χ1n) is 13.3. The number of ether oxygens (including phenoxy) is 1. The van der Waals surface area contributed by atoms with E-state index in [1.165, 1.54) is 25.5 Å². The third kappa shape index (κ3) is 3.90. The van der Waals surface area contributed by atoms with Gasteiger partial charge < -0.3 is 19.5 Å². The molecule has 2 aliphatic heterocycles. The lowest BCUT2D eigenvalue weighted by Gasteiger charge is -2.59. The fourth-order valence-electron chi connectivity index (χ4n) is 6.35. The standard InChI is InChI=1S/C29H31N5O3/c1-37-27(35)24-5-3-2-4-23(24)19-8-6-18(7-9-19)22-14-33(15-22)28(36)34-16-29(17-34)12-21(13-29)26-30-25(31-32-26)20-10-11-20/h2-9,20-22H,10-17H2,1H3,(H,30,31,32). The van der Waals surface area contributed by atoms with Crippen LogP contribution in [-0.2, 0) is 4.74 Å². The summed E-state index contributed by atoms with van der Waals surface area (Å²) < 4.78 is 4.93. The van der Waals surface area contributed by atoms with Crippen molar-refractivity contribution >= 4 is 12.0 Å². The highest BCUT2D eigenvalue weighted by atomic mass is 16.5. The first-order chi connectivity index (χ1) is 18.0. The van der Waals surface area contributed by atoms with Crippen molar-refractivity contribution in [2.24, 2.45) is 5.41 Å². The summed E-state index contributed by atoms with van der Waals surface area (Å²) in [6.07, 6.45) is 4.66. The average molecular weight is 498 g/mol. The van der Waals surface area contributed by atoms with Gasteiger partial charge in [-0.25, -0.2) is 9.59 Å². The van der Waals surface area contributed by atoms with Crippen molar-refractivity contribution in [2.45, 2.75) is 43.4 Å². The molecule has 1 spiro atoms. The number of aromatic amines is 1. The highest BCUT2D eigenvalue weighted by Crippen LogP contribution is 2.56. The van der Waals surface area contributed by atoms with Crippen molar-refractivity contribution in [3.8, 4) is 11.1 Å². The molecule has 8 heteroatoms. The predicted octanol–water partition coefficient (Wildman–Crippen LogP) is 4.53. The summed E-state index contributed by atoms with van der Waals surface area (Å²) in [5.41, 5.74) is 3.92. The van der Waals surface area contributed by atoms with Crippen LogP contribution in [0.25, 0.3) is 11.1 Å². The summed E-state index contributed by atoms with van der Waals surface area (Å²) in [6, 6.07) is 16.0. The molecule has 0 unspecified atom stereocenters. The molecule has 2 aliphatic carbocycles. The van der Waals surface area contributed by atoms with Crippen LogP contribution in [0.15, 0.2) is 48.5 Å². The van der Waals surface area contributed by atoms with Crippen LogP contribution in [0.3, 0.4) is 0 Å². The number of nitrogens with one attached hydrogen (secondary N) is 1. The highest BCUT2D eigenvalue weighted by Gasteiger charge is 2.56. The Morgan fingerprint density at radius 2 is 1.57 bits per heavy atom. The number of nitrogens with zero attached hydrogens (tertiary/aromatic N) is 4. The first-order valence-corrected chi connectivity index (χ1v) is 13.3. The summed E-state index contributed by atoms with van der Waals surface area (Å²) in [5.74, 6) is 3.20. The second-order valence-electron chi connectivity index (χ2n) is 11.4. The number of methoxy groups -OCH3 is 1. The highest BCUT2D eigenvalue weighted by molar-refractivity contribution is 5.97. The van der Waals surface area contributed by atoms with E-state index < -0.39 is 0 Å². The van der Waals surface area contributed by atoms with Crippen LogP contribution in [0.1, 0.15) is 71.0 Å². The summed E-state index contributed by atoms with van der Waals surface area (Å²) in [6.45, 7) is 3.24. The number of likely N-dealkylation sites (tertiary alicyclic amines) is 2. The molecule has 3 heterocycles. The lowest BCUT2D eigenvalue weighted by molar-refractivity contribution is -0.0601. The molecule has 3 aromatic rings. The molecule has 190 valence electrons. The number of rotatable bonds is 5. The molecular weight excluding hydrogens is 466 g/mol. The van der Waals surface area contributed by atoms with E-state index in [0.29, 0.717) is 23.3 Å². The fraction of sp³-hybridized carbons (Fsp3) is 0.448. The van der Waals surface area contributed by atoms with Crippen LogP contribution < -0.4 is 0 Å². The maximum atomic E-state index is 13.0. The van der Waals surface area contributed by atoms with E-state index in [0.717, 1.165) is 61.8 Å². The Labute approximate surface area is 216 Å². The van der Waals surface area contributed by atoms with Crippen molar-refractivity contribution in [3.63, 3.8) is 0 Å². The molecule has 8 nitrogen and oxygen atoms in total. The van der Waals surface area contributed by atoms with Crippen LogP contribution in [0.5, 0.6) is 0 Å². The van der Waals surface area contributed by atoms with Crippen molar-refractivity contribution in [2.75, 3.05) is 33.3 Å². The number of hydrogen-bond acceptors (Lipinski definition) is 5. The maximum Gasteiger partial charge on any atom is 0.338 e. The van der Waals surface area contributed by atoms with Gasteiger partial charge in [0.05, 0.1) is 12.7 Å². The van der Waals surface area contributed by atoms with E-state index in [1.54, 1.807) is 6.07 Å². The minimum atomic E-state index is -0.335. The third-order valence-electron chi connectivity index (χ3n) is 8.73. The largest absolute Gasteiger partial charge is 0.465 e. The molecular formula is C29H31N5O3. The molecule has 0 radical (unpaired) electrons. The van der Waals surface area contributed by atoms with Gasteiger partial charge in [-0.3, -0.25) is 0 Å². The maximum absolute atomic E-state index is 13.0. The van der Waals surface area contributed by atoms with Crippen molar-refractivity contribution < 1.29 is 14.3 Å². The fourth-order valence-corrected chi connectivity index (χ4v) is 6.35. The molecule has 1 aromatic heterocycles. The number of aromatic nitrogens is 3. The number of carbonyl (C=O) groups excluding carboxylic acids is 2. The first kappa shape index (κ1) is 22.5. The second-order valence-corrected chi connectivity index (χ2v) is 11.4. The van der Waals surface area contributed by atoms with E-state index >= 15 is 0 Å². The molecule has 37 heavy (non-hydrogen) atoms. The van der Waals surface area contributed by atoms with Crippen molar-refractivity contribution in [1.82, 2.24) is 25.0 Å². The monoisotopic (exact) mass is 497 g/mol. The summed E-state index contributed by atoms with van der Waals surface area (Å²) in [4.78, 5) is 32.5. The summed E-state index contributed by atoms with van der Waals surface area (Å²) in [7, 11) is 1.40. The quantitative estimate of drug-likeness (QED) is 0.523. The summed E-state index contributed by atoms with van der Waals surface area (Å²) in [5, 5.41) is 8.72. The van der Waals surface area contributed by atoms with Gasteiger partial charge in [-0.1, -0.05) is 42.5 Å². The SMILES string of the molecule is COC(=O)c1ccccc1-c1ccc(C2CN(C(=O)N3CC4(CC(c5nnc(C6CC6)[nH]5)C4)C3)C2)cc1. The van der Waals surface area contributed by atoms with E-state index in [2.05, 4.69) is 39.4 Å². The van der Waals surface area contributed by atoms with Gasteiger partial charge in [-0.2, -0.15) is 0 Å². The molecule has 2 saturated carbocycles. The van der Waals surface area contributed by atoms with Crippen molar-refractivity contribution in [1.29, 1.82) is 0 Å². The number of esters is 1. The lowest BCUT2D eigenvalue weighted by atomic mass is 9.57. The van der Waals surface area contributed by atoms with Gasteiger partial charge in [-0.15, -0.1) is 10.2 Å². The lowest BCUT2D eigenvalue weighted by Crippen LogP contribution is -2.67. The third-order valence-corrected chi connectivity index (χ3v) is 8.73. The zero-order valence-electron chi connectivity index (χ0n) is 21.0. The number of benzene rings is 2. The smallest absolute Gasteiger partial charge is 0.338 e. The van der Waals surface area contributed by atoms with E-state index in [1.807, 2.05) is 28.0 Å². The molecule has 2 aromatic carbocycles. The Balaban J connectivity index is 0.907. The van der Waals surface area contributed by atoms with E-state index in [4.69, 9.17) is 4.74 Å². The van der Waals surface area contributed by atoms with Crippen LogP contribution in [0.4, 0.5) is 4.79 Å². The topological polar surface area (TPSA) is 91.4 Å². The Morgan fingerprint density at radius 1 is 0.892 bits per heavy atom. The Morgan fingerprint density at radius 3 is 2.24 bits per heavy atom. The Bertz CT molecular complexity index is 1340. The van der Waals surface area contributed by atoms with Crippen LogP contribution in [-0.4, -0.2) is 70.3 Å². The number of carbonyl (C=O) groups is 2. The average Bonchev–Trinajstić information content (AvgIpc) is 3.59. The molecule has 0 atom stereocenters. The van der Waals surface area contributed by atoms with Crippen molar-refractivity contribution in [3.05, 3.63) is 71.3 Å². The Hall–Kier alpha value is -3.68. The normalized spacial score (nSPS) is 20.8. The molecule has 2 saturated heterocycles. The van der Waals surface area contributed by atoms with Gasteiger partial charge in [-0.05, 0) is 48.4 Å². The van der Waals surface area contributed by atoms with Crippen LogP contribution in [0, 0.1) is 5.41 Å². The van der Waals surface area contributed by atoms with Crippen LogP contribution >= 0.6 is 0 Å². The zero-order chi connectivity index (χ0) is 25.1. The number of urea groups is 1. The van der Waals surface area contributed by atoms with Gasteiger partial charge in [0.15, 0.2) is 0 Å². The molecule has 2 amide bonds. The minimum Gasteiger partial charge on any atom is -0.465 e. The number of hydrogen-bond donors (Lipinski definition) is 1. The van der Waals surface area contributed by atoms with Crippen LogP contribution in [0.2, 0.25) is 0 Å².